The van der Waals surface area contributed by atoms with Gasteiger partial charge < -0.3 is 9.47 Å². The van der Waals surface area contributed by atoms with Crippen molar-refractivity contribution in [1.29, 1.82) is 0 Å². The van der Waals surface area contributed by atoms with Crippen molar-refractivity contribution < 1.29 is 14.3 Å². The number of carbonyl (C=O) groups excluding carboxylic acids is 1. The van der Waals surface area contributed by atoms with Gasteiger partial charge in [0.15, 0.2) is 5.78 Å². The van der Waals surface area contributed by atoms with Crippen molar-refractivity contribution in [2.75, 3.05) is 7.11 Å². The van der Waals surface area contributed by atoms with Gasteiger partial charge in [0.25, 0.3) is 0 Å². The van der Waals surface area contributed by atoms with Crippen molar-refractivity contribution >= 4 is 5.78 Å². The van der Waals surface area contributed by atoms with E-state index in [0.29, 0.717) is 17.1 Å². The predicted molar refractivity (Wildman–Crippen MR) is 58.8 cm³/mol. The first kappa shape index (κ1) is 11.6. The van der Waals surface area contributed by atoms with E-state index in [1.807, 2.05) is 13.8 Å². The van der Waals surface area contributed by atoms with Crippen LogP contribution in [0.4, 0.5) is 0 Å². The van der Waals surface area contributed by atoms with Crippen molar-refractivity contribution in [3.8, 4) is 11.5 Å². The topological polar surface area (TPSA) is 35.5 Å². The Hall–Kier alpha value is -1.51. The van der Waals surface area contributed by atoms with E-state index < -0.39 is 0 Å². The molecule has 82 valence electrons. The largest absolute Gasteiger partial charge is 0.497 e. The van der Waals surface area contributed by atoms with E-state index >= 15 is 0 Å². The van der Waals surface area contributed by atoms with Gasteiger partial charge in [0, 0.05) is 0 Å². The van der Waals surface area contributed by atoms with Gasteiger partial charge in [0.2, 0.25) is 0 Å². The lowest BCUT2D eigenvalue weighted by Crippen LogP contribution is -2.09. The van der Waals surface area contributed by atoms with E-state index in [1.165, 1.54) is 6.92 Å². The maximum Gasteiger partial charge on any atom is 0.163 e. The van der Waals surface area contributed by atoms with Crippen LogP contribution in [0.1, 0.15) is 31.1 Å². The van der Waals surface area contributed by atoms with Gasteiger partial charge in [-0.05, 0) is 39.0 Å². The first-order valence-electron chi connectivity index (χ1n) is 4.90. The van der Waals surface area contributed by atoms with Crippen LogP contribution in [0.3, 0.4) is 0 Å². The minimum absolute atomic E-state index is 0.0236. The summed E-state index contributed by atoms with van der Waals surface area (Å²) in [5.41, 5.74) is 0.558. The molecule has 0 amide bonds. The molecule has 0 bridgehead atoms. The van der Waals surface area contributed by atoms with E-state index in [9.17, 15) is 4.79 Å². The minimum Gasteiger partial charge on any atom is -0.497 e. The zero-order valence-electron chi connectivity index (χ0n) is 9.53. The minimum atomic E-state index is -0.0236. The molecule has 0 aromatic heterocycles. The molecule has 0 radical (unpaired) electrons. The summed E-state index contributed by atoms with van der Waals surface area (Å²) >= 11 is 0. The Kier molecular flexibility index (Phi) is 3.72. The number of methoxy groups -OCH3 is 1. The summed E-state index contributed by atoms with van der Waals surface area (Å²) in [4.78, 5) is 11.4. The molecule has 0 saturated carbocycles. The zero-order valence-corrected chi connectivity index (χ0v) is 9.53. The highest BCUT2D eigenvalue weighted by Gasteiger charge is 2.11. The maximum absolute atomic E-state index is 11.4. The van der Waals surface area contributed by atoms with Crippen molar-refractivity contribution in [3.05, 3.63) is 23.8 Å². The van der Waals surface area contributed by atoms with Crippen molar-refractivity contribution in [2.24, 2.45) is 0 Å². The van der Waals surface area contributed by atoms with Gasteiger partial charge in [-0.15, -0.1) is 0 Å². The molecule has 0 atom stereocenters. The Morgan fingerprint density at radius 1 is 1.33 bits per heavy atom. The molecule has 15 heavy (non-hydrogen) atoms. The first-order valence-corrected chi connectivity index (χ1v) is 4.90. The van der Waals surface area contributed by atoms with Crippen LogP contribution in [-0.2, 0) is 0 Å². The smallest absolute Gasteiger partial charge is 0.163 e. The van der Waals surface area contributed by atoms with E-state index in [4.69, 9.17) is 9.47 Å². The molecule has 3 nitrogen and oxygen atoms in total. The highest BCUT2D eigenvalue weighted by Crippen LogP contribution is 2.25. The van der Waals surface area contributed by atoms with Gasteiger partial charge in [-0.2, -0.15) is 0 Å². The molecule has 0 aliphatic heterocycles. The van der Waals surface area contributed by atoms with Crippen LogP contribution in [0, 0.1) is 0 Å². The maximum atomic E-state index is 11.4. The van der Waals surface area contributed by atoms with Gasteiger partial charge in [0.1, 0.15) is 11.5 Å². The fraction of sp³-hybridized carbons (Fsp3) is 0.417. The average Bonchev–Trinajstić information content (AvgIpc) is 2.17. The number of benzene rings is 1. The molecule has 0 heterocycles. The zero-order chi connectivity index (χ0) is 11.4. The quantitative estimate of drug-likeness (QED) is 0.713. The highest BCUT2D eigenvalue weighted by molar-refractivity contribution is 5.97. The third-order valence-corrected chi connectivity index (χ3v) is 1.93. The Labute approximate surface area is 90.0 Å². The van der Waals surface area contributed by atoms with E-state index in [-0.39, 0.29) is 11.9 Å². The number of ether oxygens (including phenoxy) is 2. The van der Waals surface area contributed by atoms with Crippen LogP contribution < -0.4 is 9.47 Å². The Bertz CT molecular complexity index is 356. The average molecular weight is 208 g/mol. The van der Waals surface area contributed by atoms with Gasteiger partial charge in [-0.3, -0.25) is 4.79 Å². The van der Waals surface area contributed by atoms with Gasteiger partial charge in [-0.1, -0.05) is 0 Å². The van der Waals surface area contributed by atoms with Crippen LogP contribution in [0.2, 0.25) is 0 Å². The molecule has 0 N–H and O–H groups in total. The van der Waals surface area contributed by atoms with Crippen LogP contribution in [0.15, 0.2) is 18.2 Å². The monoisotopic (exact) mass is 208 g/mol. The number of rotatable bonds is 4. The van der Waals surface area contributed by atoms with E-state index in [0.717, 1.165) is 0 Å². The lowest BCUT2D eigenvalue weighted by atomic mass is 10.1. The van der Waals surface area contributed by atoms with Crippen LogP contribution in [0.25, 0.3) is 0 Å². The van der Waals surface area contributed by atoms with Crippen LogP contribution in [0.5, 0.6) is 11.5 Å². The van der Waals surface area contributed by atoms with Crippen molar-refractivity contribution in [1.82, 2.24) is 0 Å². The molecule has 0 unspecified atom stereocenters. The first-order chi connectivity index (χ1) is 7.04. The summed E-state index contributed by atoms with van der Waals surface area (Å²) in [5.74, 6) is 1.25. The molecule has 0 spiro atoms. The molecule has 0 aliphatic carbocycles. The molecular weight excluding hydrogens is 192 g/mol. The normalized spacial score (nSPS) is 10.2. The summed E-state index contributed by atoms with van der Waals surface area (Å²) in [6.07, 6.45) is 0.0523. The van der Waals surface area contributed by atoms with Crippen molar-refractivity contribution in [2.45, 2.75) is 26.9 Å². The summed E-state index contributed by atoms with van der Waals surface area (Å²) < 4.78 is 10.6. The lowest BCUT2D eigenvalue weighted by molar-refractivity contribution is 0.101. The Morgan fingerprint density at radius 2 is 2.00 bits per heavy atom. The molecule has 1 rings (SSSR count). The number of Topliss-reactive ketones (excluding diaryl/α,β-unsaturated/α-hetero) is 1. The van der Waals surface area contributed by atoms with Crippen LogP contribution >= 0.6 is 0 Å². The third kappa shape index (κ3) is 2.98. The second-order valence-corrected chi connectivity index (χ2v) is 3.58. The van der Waals surface area contributed by atoms with Gasteiger partial charge in [-0.25, -0.2) is 0 Å². The Balaban J connectivity index is 3.09. The van der Waals surface area contributed by atoms with E-state index in [2.05, 4.69) is 0 Å². The van der Waals surface area contributed by atoms with Gasteiger partial charge >= 0.3 is 0 Å². The summed E-state index contributed by atoms with van der Waals surface area (Å²) in [6, 6.07) is 5.24. The second kappa shape index (κ2) is 4.82. The SMILES string of the molecule is COc1ccc(OC(C)C)c(C(C)=O)c1. The third-order valence-electron chi connectivity index (χ3n) is 1.93. The predicted octanol–water partition coefficient (Wildman–Crippen LogP) is 2.69. The molecule has 3 heteroatoms. The molecule has 0 saturated heterocycles. The highest BCUT2D eigenvalue weighted by atomic mass is 16.5. The molecule has 1 aromatic carbocycles. The fourth-order valence-corrected chi connectivity index (χ4v) is 1.27. The fourth-order valence-electron chi connectivity index (χ4n) is 1.27. The van der Waals surface area contributed by atoms with Crippen molar-refractivity contribution in [3.63, 3.8) is 0 Å². The summed E-state index contributed by atoms with van der Waals surface area (Å²) in [7, 11) is 1.57. The lowest BCUT2D eigenvalue weighted by Gasteiger charge is -2.13. The molecule has 0 fully saturated rings. The van der Waals surface area contributed by atoms with Gasteiger partial charge in [0.05, 0.1) is 18.8 Å². The summed E-state index contributed by atoms with van der Waals surface area (Å²) in [6.45, 7) is 5.37. The number of hydrogen-bond acceptors (Lipinski definition) is 3. The molecule has 1 aromatic rings. The molecular formula is C12H16O3. The number of hydrogen-bond donors (Lipinski definition) is 0. The number of carbonyl (C=O) groups is 1. The Morgan fingerprint density at radius 3 is 2.47 bits per heavy atom. The summed E-state index contributed by atoms with van der Waals surface area (Å²) in [5, 5.41) is 0. The second-order valence-electron chi connectivity index (χ2n) is 3.58. The van der Waals surface area contributed by atoms with Crippen LogP contribution in [-0.4, -0.2) is 19.0 Å². The van der Waals surface area contributed by atoms with E-state index in [1.54, 1.807) is 25.3 Å². The molecule has 0 aliphatic rings. The number of ketones is 1. The standard InChI is InChI=1S/C12H16O3/c1-8(2)15-12-6-5-10(14-4)7-11(12)9(3)13/h5-8H,1-4H3.